The summed E-state index contributed by atoms with van der Waals surface area (Å²) >= 11 is 1.21. The Labute approximate surface area is 72.4 Å². The first-order valence-corrected chi connectivity index (χ1v) is 4.13. The highest BCUT2D eigenvalue weighted by molar-refractivity contribution is 7.13. The van der Waals surface area contributed by atoms with Crippen molar-refractivity contribution in [3.63, 3.8) is 0 Å². The third-order valence-corrected chi connectivity index (χ3v) is 2.46. The third kappa shape index (κ3) is 0.967. The number of benzene rings is 1. The van der Waals surface area contributed by atoms with E-state index in [0.29, 0.717) is 5.56 Å². The van der Waals surface area contributed by atoms with Crippen LogP contribution >= 0.6 is 11.5 Å². The van der Waals surface area contributed by atoms with Gasteiger partial charge in [-0.25, -0.2) is 4.79 Å². The first kappa shape index (κ1) is 7.24. The minimum absolute atomic E-state index is 0.329. The van der Waals surface area contributed by atoms with Crippen LogP contribution in [0.25, 0.3) is 10.1 Å². The molecule has 0 spiro atoms. The number of rotatable bonds is 1. The molecule has 12 heavy (non-hydrogen) atoms. The van der Waals surface area contributed by atoms with Crippen molar-refractivity contribution < 1.29 is 9.90 Å². The molecule has 0 bridgehead atoms. The molecule has 0 atom stereocenters. The summed E-state index contributed by atoms with van der Waals surface area (Å²) in [5, 5.41) is 9.67. The molecular weight excluding hydrogens is 174 g/mol. The Morgan fingerprint density at radius 3 is 3.08 bits per heavy atom. The summed E-state index contributed by atoms with van der Waals surface area (Å²) in [6, 6.07) is 5.16. The molecule has 2 aromatic rings. The van der Waals surface area contributed by atoms with E-state index in [1.54, 1.807) is 18.3 Å². The van der Waals surface area contributed by atoms with Gasteiger partial charge in [-0.2, -0.15) is 4.37 Å². The van der Waals surface area contributed by atoms with Gasteiger partial charge in [-0.05, 0) is 17.6 Å². The Hall–Kier alpha value is -1.42. The van der Waals surface area contributed by atoms with Crippen molar-refractivity contribution in [2.75, 3.05) is 0 Å². The number of carboxylic acids is 1. The zero-order valence-electron chi connectivity index (χ0n) is 6.02. The molecule has 1 aromatic heterocycles. The van der Waals surface area contributed by atoms with E-state index in [0.717, 1.165) is 10.1 Å². The molecule has 3 nitrogen and oxygen atoms in total. The molecule has 1 heterocycles. The van der Waals surface area contributed by atoms with Gasteiger partial charge in [0.05, 0.1) is 10.3 Å². The molecule has 1 aromatic carbocycles. The van der Waals surface area contributed by atoms with Crippen LogP contribution in [0.3, 0.4) is 0 Å². The molecule has 0 saturated heterocycles. The van der Waals surface area contributed by atoms with Crippen LogP contribution in [0.2, 0.25) is 0 Å². The Balaban J connectivity index is 2.82. The summed E-state index contributed by atoms with van der Waals surface area (Å²) in [4.78, 5) is 10.7. The first-order valence-electron chi connectivity index (χ1n) is 3.36. The number of carbonyl (C=O) groups is 1. The number of carboxylic acid groups (broad SMARTS) is 1. The maximum Gasteiger partial charge on any atom is 0.337 e. The molecule has 0 unspecified atom stereocenters. The summed E-state index contributed by atoms with van der Waals surface area (Å²) in [6.45, 7) is 0. The van der Waals surface area contributed by atoms with Crippen LogP contribution in [0, 0.1) is 0 Å². The second-order valence-corrected chi connectivity index (χ2v) is 3.16. The molecule has 1 N–H and O–H groups in total. The average Bonchev–Trinajstić information content (AvgIpc) is 2.49. The molecule has 0 amide bonds. The zero-order valence-corrected chi connectivity index (χ0v) is 6.84. The molecule has 0 saturated carbocycles. The van der Waals surface area contributed by atoms with Crippen molar-refractivity contribution in [1.82, 2.24) is 4.37 Å². The topological polar surface area (TPSA) is 50.2 Å². The van der Waals surface area contributed by atoms with Crippen molar-refractivity contribution in [2.24, 2.45) is 0 Å². The van der Waals surface area contributed by atoms with E-state index >= 15 is 0 Å². The third-order valence-electron chi connectivity index (χ3n) is 1.61. The number of fused-ring (bicyclic) bond motifs is 1. The van der Waals surface area contributed by atoms with Gasteiger partial charge in [-0.3, -0.25) is 0 Å². The molecule has 2 rings (SSSR count). The number of hydrogen-bond donors (Lipinski definition) is 1. The first-order chi connectivity index (χ1) is 5.79. The Bertz CT molecular complexity index is 435. The Morgan fingerprint density at radius 1 is 1.50 bits per heavy atom. The van der Waals surface area contributed by atoms with Gasteiger partial charge >= 0.3 is 5.97 Å². The Kier molecular flexibility index (Phi) is 1.55. The fourth-order valence-electron chi connectivity index (χ4n) is 1.06. The van der Waals surface area contributed by atoms with Gasteiger partial charge in [0.25, 0.3) is 0 Å². The van der Waals surface area contributed by atoms with Crippen molar-refractivity contribution in [3.05, 3.63) is 30.0 Å². The van der Waals surface area contributed by atoms with Gasteiger partial charge in [0.1, 0.15) is 0 Å². The lowest BCUT2D eigenvalue weighted by Crippen LogP contribution is -1.94. The standard InChI is InChI=1S/C8H5NO2S/c10-8(11)6-3-1-2-5-4-9-12-7(5)6/h1-4H,(H,10,11). The maximum atomic E-state index is 10.7. The maximum absolute atomic E-state index is 10.7. The quantitative estimate of drug-likeness (QED) is 0.728. The predicted molar refractivity (Wildman–Crippen MR) is 46.6 cm³/mol. The normalized spacial score (nSPS) is 10.3. The minimum atomic E-state index is -0.898. The fourth-order valence-corrected chi connectivity index (χ4v) is 1.81. The number of hydrogen-bond acceptors (Lipinski definition) is 3. The van der Waals surface area contributed by atoms with Crippen LogP contribution in [0.1, 0.15) is 10.4 Å². The van der Waals surface area contributed by atoms with Crippen molar-refractivity contribution in [1.29, 1.82) is 0 Å². The molecule has 0 fully saturated rings. The highest BCUT2D eigenvalue weighted by atomic mass is 32.1. The summed E-state index contributed by atoms with van der Waals surface area (Å²) in [7, 11) is 0. The Morgan fingerprint density at radius 2 is 2.33 bits per heavy atom. The van der Waals surface area contributed by atoms with Crippen LogP contribution in [0.15, 0.2) is 24.4 Å². The van der Waals surface area contributed by atoms with Gasteiger partial charge in [0.2, 0.25) is 0 Å². The minimum Gasteiger partial charge on any atom is -0.478 e. The van der Waals surface area contributed by atoms with E-state index in [1.165, 1.54) is 11.5 Å². The van der Waals surface area contributed by atoms with Crippen LogP contribution < -0.4 is 0 Å². The summed E-state index contributed by atoms with van der Waals surface area (Å²) in [5.74, 6) is -0.898. The van der Waals surface area contributed by atoms with Gasteiger partial charge < -0.3 is 5.11 Å². The molecule has 0 aliphatic carbocycles. The lowest BCUT2D eigenvalue weighted by Gasteiger charge is -1.93. The highest BCUT2D eigenvalue weighted by Crippen LogP contribution is 2.21. The number of nitrogens with zero attached hydrogens (tertiary/aromatic N) is 1. The number of aromatic nitrogens is 1. The van der Waals surface area contributed by atoms with E-state index in [4.69, 9.17) is 5.11 Å². The molecule has 0 radical (unpaired) electrons. The lowest BCUT2D eigenvalue weighted by atomic mass is 10.2. The van der Waals surface area contributed by atoms with Crippen LogP contribution in [-0.4, -0.2) is 15.4 Å². The lowest BCUT2D eigenvalue weighted by molar-refractivity contribution is 0.0699. The molecule has 0 aliphatic rings. The largest absolute Gasteiger partial charge is 0.478 e. The molecular formula is C8H5NO2S. The van der Waals surface area contributed by atoms with E-state index in [-0.39, 0.29) is 0 Å². The number of aromatic carboxylic acids is 1. The SMILES string of the molecule is O=C(O)c1cccc2cnsc12. The fraction of sp³-hybridized carbons (Fsp3) is 0. The van der Waals surface area contributed by atoms with Gasteiger partial charge in [-0.1, -0.05) is 12.1 Å². The molecule has 0 aliphatic heterocycles. The second kappa shape index (κ2) is 2.57. The second-order valence-electron chi connectivity index (χ2n) is 2.35. The van der Waals surface area contributed by atoms with E-state index in [2.05, 4.69) is 4.37 Å². The summed E-state index contributed by atoms with van der Waals surface area (Å²) in [5.41, 5.74) is 0.329. The summed E-state index contributed by atoms with van der Waals surface area (Å²) < 4.78 is 4.66. The van der Waals surface area contributed by atoms with E-state index in [1.807, 2.05) is 6.07 Å². The monoisotopic (exact) mass is 179 g/mol. The van der Waals surface area contributed by atoms with Crippen molar-refractivity contribution in [2.45, 2.75) is 0 Å². The predicted octanol–water partition coefficient (Wildman–Crippen LogP) is 1.99. The molecule has 60 valence electrons. The van der Waals surface area contributed by atoms with Crippen LogP contribution in [0.5, 0.6) is 0 Å². The van der Waals surface area contributed by atoms with Crippen molar-refractivity contribution in [3.8, 4) is 0 Å². The van der Waals surface area contributed by atoms with E-state index < -0.39 is 5.97 Å². The van der Waals surface area contributed by atoms with Gasteiger partial charge in [-0.15, -0.1) is 0 Å². The van der Waals surface area contributed by atoms with E-state index in [9.17, 15) is 4.79 Å². The highest BCUT2D eigenvalue weighted by Gasteiger charge is 2.08. The smallest absolute Gasteiger partial charge is 0.337 e. The zero-order chi connectivity index (χ0) is 8.55. The van der Waals surface area contributed by atoms with Gasteiger partial charge in [0, 0.05) is 11.6 Å². The average molecular weight is 179 g/mol. The van der Waals surface area contributed by atoms with Crippen LogP contribution in [0.4, 0.5) is 0 Å². The molecule has 4 heteroatoms. The van der Waals surface area contributed by atoms with Crippen molar-refractivity contribution >= 4 is 27.6 Å². The van der Waals surface area contributed by atoms with Crippen LogP contribution in [-0.2, 0) is 0 Å². The summed E-state index contributed by atoms with van der Waals surface area (Å²) in [6.07, 6.45) is 1.67. The van der Waals surface area contributed by atoms with Gasteiger partial charge in [0.15, 0.2) is 0 Å².